The Morgan fingerprint density at radius 3 is 1.92 bits per heavy atom. The van der Waals surface area contributed by atoms with Crippen molar-refractivity contribution in [3.63, 3.8) is 0 Å². The van der Waals surface area contributed by atoms with Gasteiger partial charge in [-0.1, -0.05) is 99.1 Å². The molecule has 0 saturated heterocycles. The zero-order valence-corrected chi connectivity index (χ0v) is 24.4. The molecule has 0 radical (unpaired) electrons. The van der Waals surface area contributed by atoms with Crippen molar-refractivity contribution in [3.05, 3.63) is 115 Å². The van der Waals surface area contributed by atoms with E-state index in [1.165, 1.54) is 10.4 Å². The molecular weight excluding hydrogens is 510 g/mol. The van der Waals surface area contributed by atoms with Gasteiger partial charge in [0.05, 0.1) is 17.2 Å². The summed E-state index contributed by atoms with van der Waals surface area (Å²) in [6.45, 7) is 9.18. The molecule has 0 aliphatic rings. The van der Waals surface area contributed by atoms with E-state index in [-0.39, 0.29) is 9.93 Å². The molecule has 1 unspecified atom stereocenters. The van der Waals surface area contributed by atoms with Gasteiger partial charge in [-0.15, -0.1) is 0 Å². The number of hydrogen-bond donors (Lipinski definition) is 1. The third kappa shape index (κ3) is 6.18. The molecule has 38 heavy (non-hydrogen) atoms. The van der Waals surface area contributed by atoms with Gasteiger partial charge in [0, 0.05) is 6.61 Å². The van der Waals surface area contributed by atoms with Gasteiger partial charge in [-0.3, -0.25) is 0 Å². The number of furan rings is 1. The van der Waals surface area contributed by atoms with Gasteiger partial charge in [0.2, 0.25) is 10.0 Å². The Bertz CT molecular complexity index is 1340. The largest absolute Gasteiger partial charge is 0.468 e. The average molecular weight is 548 g/mol. The quantitative estimate of drug-likeness (QED) is 0.186. The fourth-order valence-electron chi connectivity index (χ4n) is 5.00. The van der Waals surface area contributed by atoms with Crippen molar-refractivity contribution in [2.75, 3.05) is 6.61 Å². The van der Waals surface area contributed by atoms with E-state index >= 15 is 0 Å². The lowest BCUT2D eigenvalue weighted by Gasteiger charge is -2.43. The lowest BCUT2D eigenvalue weighted by molar-refractivity contribution is 0.278. The highest BCUT2D eigenvalue weighted by atomic mass is 32.2. The molecule has 0 bridgehead atoms. The summed E-state index contributed by atoms with van der Waals surface area (Å²) in [6, 6.07) is 31.0. The molecule has 0 amide bonds. The topological polar surface area (TPSA) is 68.5 Å². The van der Waals surface area contributed by atoms with E-state index in [4.69, 9.17) is 8.84 Å². The second-order valence-electron chi connectivity index (χ2n) is 10.7. The zero-order valence-electron chi connectivity index (χ0n) is 22.6. The molecule has 0 aliphatic carbocycles. The molecule has 0 spiro atoms. The first-order chi connectivity index (χ1) is 18.1. The summed E-state index contributed by atoms with van der Waals surface area (Å²) >= 11 is 0. The van der Waals surface area contributed by atoms with Gasteiger partial charge in [0.1, 0.15) is 5.76 Å². The summed E-state index contributed by atoms with van der Waals surface area (Å²) in [4.78, 5) is 0.239. The minimum absolute atomic E-state index is 0.122. The lowest BCUT2D eigenvalue weighted by Crippen LogP contribution is -2.66. The number of aryl methyl sites for hydroxylation is 1. The highest BCUT2D eigenvalue weighted by Gasteiger charge is 2.50. The molecule has 1 N–H and O–H groups in total. The number of hydrogen-bond acceptors (Lipinski definition) is 4. The van der Waals surface area contributed by atoms with Crippen LogP contribution >= 0.6 is 0 Å². The summed E-state index contributed by atoms with van der Waals surface area (Å²) in [7, 11) is -6.37. The Hall–Kier alpha value is -2.97. The monoisotopic (exact) mass is 547 g/mol. The van der Waals surface area contributed by atoms with Crippen LogP contribution in [-0.4, -0.2) is 23.3 Å². The van der Waals surface area contributed by atoms with E-state index in [9.17, 15) is 8.42 Å². The van der Waals surface area contributed by atoms with E-state index in [2.05, 4.69) is 74.0 Å². The van der Waals surface area contributed by atoms with E-state index in [0.29, 0.717) is 25.2 Å². The second kappa shape index (κ2) is 11.8. The first-order valence-electron chi connectivity index (χ1n) is 13.0. The molecule has 200 valence electrons. The Morgan fingerprint density at radius 2 is 1.42 bits per heavy atom. The average Bonchev–Trinajstić information content (AvgIpc) is 3.44. The fourth-order valence-corrected chi connectivity index (χ4v) is 10.8. The minimum Gasteiger partial charge on any atom is -0.468 e. The van der Waals surface area contributed by atoms with Crippen LogP contribution in [0.4, 0.5) is 0 Å². The molecule has 1 heterocycles. The molecule has 0 saturated carbocycles. The summed E-state index contributed by atoms with van der Waals surface area (Å²) in [5.41, 5.74) is 1.01. The van der Waals surface area contributed by atoms with Crippen molar-refractivity contribution in [3.8, 4) is 0 Å². The standard InChI is InChI=1S/C31H37NO4SSi/c1-25-19-21-26(22-20-25)37(33,34)32-29(30-18-12-23-35-30)17-11-24-36-38(31(2,3)4,27-13-7-5-8-14-27)28-15-9-6-10-16-28/h5-10,12-16,18-23,29,32H,11,17,24H2,1-4H3. The summed E-state index contributed by atoms with van der Waals surface area (Å²) < 4.78 is 41.8. The Labute approximate surface area is 228 Å². The van der Waals surface area contributed by atoms with Crippen LogP contribution in [-0.2, 0) is 14.4 Å². The highest BCUT2D eigenvalue weighted by Crippen LogP contribution is 2.37. The van der Waals surface area contributed by atoms with Crippen molar-refractivity contribution in [2.24, 2.45) is 0 Å². The first kappa shape index (κ1) is 28.0. The van der Waals surface area contributed by atoms with Crippen molar-refractivity contribution in [2.45, 2.75) is 56.5 Å². The van der Waals surface area contributed by atoms with Crippen LogP contribution in [0.3, 0.4) is 0 Å². The fraction of sp³-hybridized carbons (Fsp3) is 0.290. The zero-order chi connectivity index (χ0) is 27.2. The predicted molar refractivity (Wildman–Crippen MR) is 156 cm³/mol. The number of benzene rings is 3. The summed E-state index contributed by atoms with van der Waals surface area (Å²) in [5, 5.41) is 2.33. The first-order valence-corrected chi connectivity index (χ1v) is 16.4. The molecule has 4 rings (SSSR count). The van der Waals surface area contributed by atoms with Gasteiger partial charge >= 0.3 is 0 Å². The van der Waals surface area contributed by atoms with Crippen LogP contribution in [0, 0.1) is 6.92 Å². The third-order valence-electron chi connectivity index (χ3n) is 6.89. The Balaban J connectivity index is 1.56. The highest BCUT2D eigenvalue weighted by molar-refractivity contribution is 7.89. The van der Waals surface area contributed by atoms with Crippen LogP contribution in [0.25, 0.3) is 0 Å². The molecule has 4 aromatic rings. The molecule has 0 aliphatic heterocycles. The van der Waals surface area contributed by atoms with Gasteiger partial charge < -0.3 is 8.84 Å². The molecule has 1 aromatic heterocycles. The van der Waals surface area contributed by atoms with Crippen molar-refractivity contribution in [1.29, 1.82) is 0 Å². The molecular formula is C31H37NO4SSi. The van der Waals surface area contributed by atoms with E-state index in [1.807, 2.05) is 25.1 Å². The minimum atomic E-state index is -3.72. The molecule has 1 atom stereocenters. The lowest BCUT2D eigenvalue weighted by atomic mass is 10.1. The van der Waals surface area contributed by atoms with Gasteiger partial charge in [0.15, 0.2) is 0 Å². The molecule has 7 heteroatoms. The smallest absolute Gasteiger partial charge is 0.261 e. The van der Waals surface area contributed by atoms with Crippen molar-refractivity contribution < 1.29 is 17.3 Å². The van der Waals surface area contributed by atoms with Crippen LogP contribution in [0.2, 0.25) is 5.04 Å². The van der Waals surface area contributed by atoms with E-state index in [0.717, 1.165) is 5.56 Å². The molecule has 3 aromatic carbocycles. The van der Waals surface area contributed by atoms with Gasteiger partial charge in [0.25, 0.3) is 8.32 Å². The van der Waals surface area contributed by atoms with Gasteiger partial charge in [-0.2, -0.15) is 0 Å². The second-order valence-corrected chi connectivity index (χ2v) is 16.7. The molecule has 0 fully saturated rings. The van der Waals surface area contributed by atoms with Gasteiger partial charge in [-0.25, -0.2) is 13.1 Å². The number of rotatable bonds is 11. The summed E-state index contributed by atoms with van der Waals surface area (Å²) in [5.74, 6) is 0.589. The van der Waals surface area contributed by atoms with Crippen LogP contribution < -0.4 is 15.1 Å². The van der Waals surface area contributed by atoms with Crippen LogP contribution in [0.5, 0.6) is 0 Å². The predicted octanol–water partition coefficient (Wildman–Crippen LogP) is 5.96. The van der Waals surface area contributed by atoms with E-state index in [1.54, 1.807) is 36.6 Å². The van der Waals surface area contributed by atoms with Crippen molar-refractivity contribution >= 4 is 28.7 Å². The van der Waals surface area contributed by atoms with Gasteiger partial charge in [-0.05, 0) is 59.4 Å². The van der Waals surface area contributed by atoms with Crippen LogP contribution in [0.1, 0.15) is 51.0 Å². The maximum atomic E-state index is 13.2. The normalized spacial score (nSPS) is 13.4. The number of sulfonamides is 1. The Morgan fingerprint density at radius 1 is 0.842 bits per heavy atom. The SMILES string of the molecule is Cc1ccc(S(=O)(=O)NC(CCCO[Si](c2ccccc2)(c2ccccc2)C(C)(C)C)c2ccco2)cc1. The van der Waals surface area contributed by atoms with Crippen LogP contribution in [0.15, 0.2) is 113 Å². The van der Waals surface area contributed by atoms with Crippen molar-refractivity contribution in [1.82, 2.24) is 4.72 Å². The Kier molecular flexibility index (Phi) is 8.73. The maximum Gasteiger partial charge on any atom is 0.261 e. The third-order valence-corrected chi connectivity index (χ3v) is 13.4. The molecule has 5 nitrogen and oxygen atoms in total. The maximum absolute atomic E-state index is 13.2. The number of nitrogens with one attached hydrogen (secondary N) is 1. The summed E-state index contributed by atoms with van der Waals surface area (Å²) in [6.07, 6.45) is 2.77. The van der Waals surface area contributed by atoms with E-state index < -0.39 is 24.4 Å².